The number of halogens is 5. The lowest BCUT2D eigenvalue weighted by atomic mass is 9.96. The lowest BCUT2D eigenvalue weighted by Crippen LogP contribution is -2.67. The van der Waals surface area contributed by atoms with E-state index in [0.717, 1.165) is 10.4 Å². The van der Waals surface area contributed by atoms with Gasteiger partial charge >= 0.3 is 12.3 Å². The Labute approximate surface area is 388 Å². The van der Waals surface area contributed by atoms with Crippen LogP contribution in [0.1, 0.15) is 105 Å². The molecule has 0 N–H and O–H groups in total. The molecular formula is C48H53Cl2F3N6O5Si. The van der Waals surface area contributed by atoms with E-state index in [1.54, 1.807) is 53.5 Å². The number of carbonyl (C=O) groups excluding carboxylic acids is 3. The SMILES string of the molecule is CC(c1ccc(N(CC(F)(F)F)C(=O)OC(C)(C)C)nc1)N1C[C@@H](CO[Si](c2ccccc2)(c2ccccc2)C(C)(C)C)n2nc3c(c2C1=O)CN(C(=O)c1ccc(Cl)c(Cl)c1)[C@H](C)C3. The summed E-state index contributed by atoms with van der Waals surface area (Å²) in [5.74, 6) is -0.887. The van der Waals surface area contributed by atoms with Gasteiger partial charge in [-0.3, -0.25) is 19.2 Å². The number of ether oxygens (including phenoxy) is 1. The van der Waals surface area contributed by atoms with Gasteiger partial charge in [0.05, 0.1) is 41.0 Å². The molecule has 17 heteroatoms. The Hall–Kier alpha value is -5.22. The maximum absolute atomic E-state index is 15.1. The highest BCUT2D eigenvalue weighted by molar-refractivity contribution is 6.99. The zero-order chi connectivity index (χ0) is 47.2. The highest BCUT2D eigenvalue weighted by Gasteiger charge is 2.51. The number of aromatic nitrogens is 3. The van der Waals surface area contributed by atoms with E-state index in [-0.39, 0.29) is 53.4 Å². The van der Waals surface area contributed by atoms with Gasteiger partial charge in [-0.25, -0.2) is 9.78 Å². The molecule has 1 unspecified atom stereocenters. The Morgan fingerprint density at radius 2 is 1.54 bits per heavy atom. The second-order valence-electron chi connectivity index (χ2n) is 18.7. The summed E-state index contributed by atoms with van der Waals surface area (Å²) in [5, 5.41) is 7.49. The first-order valence-electron chi connectivity index (χ1n) is 21.4. The number of fused-ring (bicyclic) bond motifs is 3. The monoisotopic (exact) mass is 948 g/mol. The van der Waals surface area contributed by atoms with E-state index in [9.17, 15) is 22.8 Å². The predicted molar refractivity (Wildman–Crippen MR) is 248 cm³/mol. The van der Waals surface area contributed by atoms with Crippen molar-refractivity contribution in [2.45, 2.75) is 103 Å². The predicted octanol–water partition coefficient (Wildman–Crippen LogP) is 9.81. The average Bonchev–Trinajstić information content (AvgIpc) is 3.62. The Bertz CT molecular complexity index is 2510. The minimum atomic E-state index is -4.74. The van der Waals surface area contributed by atoms with E-state index >= 15 is 4.79 Å². The number of rotatable bonds is 10. The van der Waals surface area contributed by atoms with Crippen molar-refractivity contribution in [1.82, 2.24) is 24.6 Å². The van der Waals surface area contributed by atoms with Crippen LogP contribution >= 0.6 is 23.2 Å². The Kier molecular flexibility index (Phi) is 13.4. The Morgan fingerprint density at radius 1 is 0.908 bits per heavy atom. The maximum atomic E-state index is 15.1. The molecule has 2 aliphatic heterocycles. The maximum Gasteiger partial charge on any atom is 0.416 e. The summed E-state index contributed by atoms with van der Waals surface area (Å²) < 4.78 is 55.8. The smallest absolute Gasteiger partial charge is 0.416 e. The first-order chi connectivity index (χ1) is 30.5. The van der Waals surface area contributed by atoms with E-state index in [2.05, 4.69) is 50.0 Å². The van der Waals surface area contributed by atoms with Gasteiger partial charge in [-0.15, -0.1) is 0 Å². The number of carbonyl (C=O) groups is 3. The number of hydrogen-bond acceptors (Lipinski definition) is 7. The van der Waals surface area contributed by atoms with Gasteiger partial charge in [0.1, 0.15) is 23.7 Å². The summed E-state index contributed by atoms with van der Waals surface area (Å²) in [6, 6.07) is 26.6. The topological polar surface area (TPSA) is 110 Å². The van der Waals surface area contributed by atoms with Gasteiger partial charge in [-0.05, 0) is 79.9 Å². The van der Waals surface area contributed by atoms with Gasteiger partial charge < -0.3 is 19.0 Å². The van der Waals surface area contributed by atoms with Crippen molar-refractivity contribution in [3.05, 3.63) is 135 Å². The van der Waals surface area contributed by atoms with Gasteiger partial charge in [0, 0.05) is 36.3 Å². The third-order valence-electron chi connectivity index (χ3n) is 11.9. The molecule has 3 atom stereocenters. The first-order valence-corrected chi connectivity index (χ1v) is 24.1. The van der Waals surface area contributed by atoms with Crippen LogP contribution in [0.2, 0.25) is 15.1 Å². The fourth-order valence-electron chi connectivity index (χ4n) is 8.80. The van der Waals surface area contributed by atoms with Crippen molar-refractivity contribution < 1.29 is 36.7 Å². The van der Waals surface area contributed by atoms with Gasteiger partial charge in [-0.2, -0.15) is 18.3 Å². The molecule has 0 bridgehead atoms. The lowest BCUT2D eigenvalue weighted by molar-refractivity contribution is -0.119. The molecule has 2 aliphatic rings. The Morgan fingerprint density at radius 3 is 2.08 bits per heavy atom. The molecule has 344 valence electrons. The zero-order valence-electron chi connectivity index (χ0n) is 37.6. The summed E-state index contributed by atoms with van der Waals surface area (Å²) in [6.45, 7) is 13.8. The Balaban J connectivity index is 1.29. The van der Waals surface area contributed by atoms with Crippen LogP contribution in [0.25, 0.3) is 0 Å². The number of pyridine rings is 1. The molecular weight excluding hydrogens is 897 g/mol. The van der Waals surface area contributed by atoms with E-state index in [0.29, 0.717) is 44.4 Å². The summed E-state index contributed by atoms with van der Waals surface area (Å²) in [4.78, 5) is 50.3. The van der Waals surface area contributed by atoms with Crippen molar-refractivity contribution in [3.8, 4) is 0 Å². The van der Waals surface area contributed by atoms with E-state index in [1.165, 1.54) is 18.3 Å². The third-order valence-corrected chi connectivity index (χ3v) is 17.7. The normalized spacial score (nSPS) is 17.3. The van der Waals surface area contributed by atoms with Gasteiger partial charge in [0.2, 0.25) is 0 Å². The van der Waals surface area contributed by atoms with E-state index in [4.69, 9.17) is 37.5 Å². The second kappa shape index (κ2) is 18.2. The summed E-state index contributed by atoms with van der Waals surface area (Å²) in [6.07, 6.45) is -4.18. The van der Waals surface area contributed by atoms with Crippen LogP contribution in [0.15, 0.2) is 97.2 Å². The quantitative estimate of drug-likeness (QED) is 0.128. The van der Waals surface area contributed by atoms with Crippen LogP contribution < -0.4 is 15.3 Å². The molecule has 0 saturated heterocycles. The van der Waals surface area contributed by atoms with Crippen molar-refractivity contribution >= 4 is 65.6 Å². The molecule has 0 fully saturated rings. The van der Waals surface area contributed by atoms with Crippen LogP contribution in [0.4, 0.5) is 23.8 Å². The molecule has 0 saturated carbocycles. The molecule has 5 aromatic rings. The second-order valence-corrected chi connectivity index (χ2v) is 23.8. The van der Waals surface area contributed by atoms with E-state index < -0.39 is 44.8 Å². The zero-order valence-corrected chi connectivity index (χ0v) is 40.1. The molecule has 0 aliphatic carbocycles. The largest absolute Gasteiger partial charge is 0.443 e. The third kappa shape index (κ3) is 9.84. The van der Waals surface area contributed by atoms with Gasteiger partial charge in [0.15, 0.2) is 0 Å². The fraction of sp³-hybridized carbons (Fsp3) is 0.396. The first kappa shape index (κ1) is 47.7. The molecule has 65 heavy (non-hydrogen) atoms. The van der Waals surface area contributed by atoms with Crippen molar-refractivity contribution in [2.24, 2.45) is 0 Å². The van der Waals surface area contributed by atoms with Crippen LogP contribution in [-0.4, -0.2) is 88.3 Å². The van der Waals surface area contributed by atoms with Crippen LogP contribution in [0.5, 0.6) is 0 Å². The number of benzene rings is 3. The number of alkyl halides is 3. The summed E-state index contributed by atoms with van der Waals surface area (Å²) >= 11 is 12.5. The highest BCUT2D eigenvalue weighted by Crippen LogP contribution is 2.40. The molecule has 11 nitrogen and oxygen atoms in total. The van der Waals surface area contributed by atoms with Crippen LogP contribution in [0.3, 0.4) is 0 Å². The molecule has 0 radical (unpaired) electrons. The number of nitrogens with zero attached hydrogens (tertiary/aromatic N) is 6. The van der Waals surface area contributed by atoms with Crippen molar-refractivity contribution in [3.63, 3.8) is 0 Å². The molecule has 2 aromatic heterocycles. The number of hydrogen-bond donors (Lipinski definition) is 0. The van der Waals surface area contributed by atoms with Gasteiger partial charge in [0.25, 0.3) is 20.1 Å². The van der Waals surface area contributed by atoms with Crippen molar-refractivity contribution in [1.29, 1.82) is 0 Å². The van der Waals surface area contributed by atoms with E-state index in [1.807, 2.05) is 50.2 Å². The van der Waals surface area contributed by atoms with Crippen LogP contribution in [0, 0.1) is 0 Å². The molecule has 3 aromatic carbocycles. The van der Waals surface area contributed by atoms with Gasteiger partial charge in [-0.1, -0.05) is 111 Å². The van der Waals surface area contributed by atoms with Crippen LogP contribution in [-0.2, 0) is 22.1 Å². The summed E-state index contributed by atoms with van der Waals surface area (Å²) in [7, 11) is -3.09. The number of amides is 3. The fourth-order valence-corrected chi connectivity index (χ4v) is 13.7. The van der Waals surface area contributed by atoms with Crippen molar-refractivity contribution in [2.75, 3.05) is 24.6 Å². The number of anilines is 1. The average molecular weight is 950 g/mol. The lowest BCUT2D eigenvalue weighted by Gasteiger charge is -2.45. The standard InChI is InChI=1S/C48H53Cl2F3N6O5Si/c1-30-23-40-37(27-56(30)43(60)32-19-21-38(49)39(50)24-32)42-44(61)57(31(2)33-20-22-41(54-25-33)58(29-48(51,52)53)45(62)64-46(3,4)5)26-34(59(42)55-40)28-63-65(47(6,7)8,35-15-11-9-12-16-35)36-17-13-10-14-18-36/h9-22,24-25,30-31,34H,23,26-29H2,1-8H3/t30-,31?,34+/m1/s1. The molecule has 4 heterocycles. The minimum Gasteiger partial charge on any atom is -0.443 e. The summed E-state index contributed by atoms with van der Waals surface area (Å²) in [5.41, 5.74) is 1.43. The minimum absolute atomic E-state index is 0.0944. The molecule has 3 amide bonds. The molecule has 7 rings (SSSR count). The highest BCUT2D eigenvalue weighted by atomic mass is 35.5. The molecule has 0 spiro atoms.